The van der Waals surface area contributed by atoms with Crippen molar-refractivity contribution in [1.82, 2.24) is 30.1 Å². The van der Waals surface area contributed by atoms with E-state index in [4.69, 9.17) is 4.63 Å². The van der Waals surface area contributed by atoms with Crippen molar-refractivity contribution in [2.24, 2.45) is 0 Å². The molecule has 0 atom stereocenters. The Morgan fingerprint density at radius 1 is 1.03 bits per heavy atom. The highest BCUT2D eigenvalue weighted by Crippen LogP contribution is 2.15. The third-order valence-electron chi connectivity index (χ3n) is 5.95. The summed E-state index contributed by atoms with van der Waals surface area (Å²) in [5.74, 6) is -0.362. The maximum Gasteiger partial charge on any atom is 0.269 e. The van der Waals surface area contributed by atoms with Gasteiger partial charge in [-0.1, -0.05) is 6.07 Å². The van der Waals surface area contributed by atoms with Gasteiger partial charge in [-0.05, 0) is 72.1 Å². The number of benzene rings is 2. The second-order valence-electron chi connectivity index (χ2n) is 7.97. The minimum atomic E-state index is -0.362. The third kappa shape index (κ3) is 4.33. The number of aromatic nitrogens is 4. The summed E-state index contributed by atoms with van der Waals surface area (Å²) in [5.41, 5.74) is 3.66. The van der Waals surface area contributed by atoms with E-state index in [1.54, 1.807) is 10.6 Å². The van der Waals surface area contributed by atoms with Crippen molar-refractivity contribution >= 4 is 22.1 Å². The van der Waals surface area contributed by atoms with Gasteiger partial charge in [0.1, 0.15) is 16.9 Å². The van der Waals surface area contributed by atoms with E-state index in [9.17, 15) is 9.18 Å². The van der Waals surface area contributed by atoms with Crippen molar-refractivity contribution in [2.45, 2.75) is 32.0 Å². The second kappa shape index (κ2) is 8.52. The quantitative estimate of drug-likeness (QED) is 0.510. The van der Waals surface area contributed by atoms with Gasteiger partial charge < -0.3 is 14.8 Å². The highest BCUT2D eigenvalue weighted by atomic mass is 19.1. The number of rotatable bonds is 6. The Morgan fingerprint density at radius 2 is 1.84 bits per heavy atom. The molecule has 1 aliphatic rings. The lowest BCUT2D eigenvalue weighted by Crippen LogP contribution is -2.43. The molecule has 5 rings (SSSR count). The molecule has 0 radical (unpaired) electrons. The van der Waals surface area contributed by atoms with E-state index in [-0.39, 0.29) is 11.4 Å². The van der Waals surface area contributed by atoms with E-state index in [1.807, 2.05) is 18.2 Å². The molecule has 8 nitrogen and oxygen atoms in total. The fraction of sp³-hybridized carbons (Fsp3) is 0.364. The Labute approximate surface area is 177 Å². The fourth-order valence-corrected chi connectivity index (χ4v) is 4.17. The Kier molecular flexibility index (Phi) is 5.44. The highest BCUT2D eigenvalue weighted by Gasteiger charge is 2.19. The van der Waals surface area contributed by atoms with Gasteiger partial charge in [-0.2, -0.15) is 0 Å². The summed E-state index contributed by atoms with van der Waals surface area (Å²) in [7, 11) is 0. The van der Waals surface area contributed by atoms with E-state index in [0.29, 0.717) is 23.6 Å². The summed E-state index contributed by atoms with van der Waals surface area (Å²) in [6.45, 7) is 3.95. The first-order valence-corrected chi connectivity index (χ1v) is 10.5. The van der Waals surface area contributed by atoms with E-state index < -0.39 is 0 Å². The summed E-state index contributed by atoms with van der Waals surface area (Å²) in [6, 6.07) is 10.7. The molecule has 2 aromatic carbocycles. The van der Waals surface area contributed by atoms with Gasteiger partial charge in [0.2, 0.25) is 0 Å². The zero-order chi connectivity index (χ0) is 21.2. The number of hydrogen-bond donors (Lipinski definition) is 1. The number of piperidine rings is 1. The van der Waals surface area contributed by atoms with Gasteiger partial charge in [-0.3, -0.25) is 4.79 Å². The van der Waals surface area contributed by atoms with Crippen molar-refractivity contribution in [3.8, 4) is 0 Å². The predicted molar refractivity (Wildman–Crippen MR) is 114 cm³/mol. The maximum absolute atomic E-state index is 13.7. The minimum Gasteiger partial charge on any atom is -0.310 e. The summed E-state index contributed by atoms with van der Waals surface area (Å²) in [4.78, 5) is 18.8. The van der Waals surface area contributed by atoms with Crippen LogP contribution in [0.1, 0.15) is 18.4 Å². The van der Waals surface area contributed by atoms with Crippen molar-refractivity contribution in [1.29, 1.82) is 0 Å². The van der Waals surface area contributed by atoms with Gasteiger partial charge >= 0.3 is 0 Å². The first-order valence-electron chi connectivity index (χ1n) is 10.5. The van der Waals surface area contributed by atoms with Crippen LogP contribution < -0.4 is 10.9 Å². The van der Waals surface area contributed by atoms with Crippen LogP contribution in [0.5, 0.6) is 0 Å². The minimum absolute atomic E-state index is 0.200. The molecule has 4 aromatic rings. The molecule has 0 spiro atoms. The first kappa shape index (κ1) is 19.8. The SMILES string of the molecule is O=c1cnc2ccc(F)cc2n1CCN1CCC(NCc2ccc3nonc3c2)CC1. The lowest BCUT2D eigenvalue weighted by molar-refractivity contribution is 0.191. The van der Waals surface area contributed by atoms with Crippen LogP contribution in [-0.4, -0.2) is 50.4 Å². The van der Waals surface area contributed by atoms with Crippen LogP contribution in [0.15, 0.2) is 52.0 Å². The molecule has 160 valence electrons. The number of nitrogens with zero attached hydrogens (tertiary/aromatic N) is 5. The van der Waals surface area contributed by atoms with Crippen LogP contribution in [0.25, 0.3) is 22.1 Å². The summed E-state index contributed by atoms with van der Waals surface area (Å²) in [5, 5.41) is 11.3. The van der Waals surface area contributed by atoms with Crippen molar-refractivity contribution in [2.75, 3.05) is 19.6 Å². The monoisotopic (exact) mass is 422 g/mol. The molecular weight excluding hydrogens is 399 g/mol. The molecule has 0 amide bonds. The average Bonchev–Trinajstić information content (AvgIpc) is 3.26. The molecule has 0 saturated carbocycles. The number of likely N-dealkylation sites (tertiary alicyclic amines) is 1. The van der Waals surface area contributed by atoms with Crippen LogP contribution >= 0.6 is 0 Å². The van der Waals surface area contributed by atoms with Crippen molar-refractivity contribution in [3.63, 3.8) is 0 Å². The molecule has 1 aliphatic heterocycles. The summed E-state index contributed by atoms with van der Waals surface area (Å²) < 4.78 is 20.0. The van der Waals surface area contributed by atoms with Crippen LogP contribution in [0.4, 0.5) is 4.39 Å². The summed E-state index contributed by atoms with van der Waals surface area (Å²) >= 11 is 0. The molecule has 31 heavy (non-hydrogen) atoms. The predicted octanol–water partition coefficient (Wildman–Crippen LogP) is 2.33. The van der Waals surface area contributed by atoms with Crippen LogP contribution in [0.2, 0.25) is 0 Å². The third-order valence-corrected chi connectivity index (χ3v) is 5.95. The average molecular weight is 422 g/mol. The number of fused-ring (bicyclic) bond motifs is 2. The molecule has 9 heteroatoms. The topological polar surface area (TPSA) is 89.1 Å². The Bertz CT molecular complexity index is 1260. The Morgan fingerprint density at radius 3 is 2.71 bits per heavy atom. The van der Waals surface area contributed by atoms with E-state index >= 15 is 0 Å². The molecule has 0 unspecified atom stereocenters. The van der Waals surface area contributed by atoms with Crippen molar-refractivity contribution < 1.29 is 9.02 Å². The molecule has 1 fully saturated rings. The van der Waals surface area contributed by atoms with Crippen molar-refractivity contribution in [3.05, 3.63) is 64.3 Å². The zero-order valence-corrected chi connectivity index (χ0v) is 17.0. The second-order valence-corrected chi connectivity index (χ2v) is 7.97. The molecule has 1 saturated heterocycles. The van der Waals surface area contributed by atoms with Gasteiger partial charge in [0.25, 0.3) is 5.56 Å². The molecule has 1 N–H and O–H groups in total. The number of nitrogens with one attached hydrogen (secondary N) is 1. The normalized spacial score (nSPS) is 15.8. The van der Waals surface area contributed by atoms with E-state index in [1.165, 1.54) is 18.3 Å². The molecular formula is C22H23FN6O2. The number of halogens is 1. The van der Waals surface area contributed by atoms with Gasteiger partial charge in [0.15, 0.2) is 0 Å². The maximum atomic E-state index is 13.7. The van der Waals surface area contributed by atoms with E-state index in [2.05, 4.69) is 25.5 Å². The lowest BCUT2D eigenvalue weighted by atomic mass is 10.0. The van der Waals surface area contributed by atoms with Gasteiger partial charge in [0, 0.05) is 25.7 Å². The molecule has 0 aliphatic carbocycles. The van der Waals surface area contributed by atoms with Crippen LogP contribution in [0, 0.1) is 5.82 Å². The highest BCUT2D eigenvalue weighted by molar-refractivity contribution is 5.74. The Balaban J connectivity index is 1.14. The van der Waals surface area contributed by atoms with Crippen LogP contribution in [0.3, 0.4) is 0 Å². The van der Waals surface area contributed by atoms with E-state index in [0.717, 1.165) is 55.6 Å². The van der Waals surface area contributed by atoms with Crippen LogP contribution in [-0.2, 0) is 13.1 Å². The first-order chi connectivity index (χ1) is 15.2. The smallest absolute Gasteiger partial charge is 0.269 e. The standard InChI is InChI=1S/C22H23FN6O2/c23-16-2-4-19-21(12-16)29(22(30)14-25-19)10-9-28-7-5-17(6-8-28)24-13-15-1-3-18-20(11-15)27-31-26-18/h1-4,11-12,14,17,24H,5-10,13H2. The Hall–Kier alpha value is -3.17. The van der Waals surface area contributed by atoms with Gasteiger partial charge in [-0.15, -0.1) is 0 Å². The molecule has 2 aromatic heterocycles. The molecule has 3 heterocycles. The largest absolute Gasteiger partial charge is 0.310 e. The number of hydrogen-bond acceptors (Lipinski definition) is 7. The molecule has 0 bridgehead atoms. The lowest BCUT2D eigenvalue weighted by Gasteiger charge is -2.32. The summed E-state index contributed by atoms with van der Waals surface area (Å²) in [6.07, 6.45) is 3.38. The zero-order valence-electron chi connectivity index (χ0n) is 17.0. The fourth-order valence-electron chi connectivity index (χ4n) is 4.17. The van der Waals surface area contributed by atoms with Gasteiger partial charge in [-0.25, -0.2) is 14.0 Å². The van der Waals surface area contributed by atoms with Gasteiger partial charge in [0.05, 0.1) is 17.2 Å².